The second kappa shape index (κ2) is 6.79. The average molecular weight is 287 g/mol. The van der Waals surface area contributed by atoms with Gasteiger partial charge in [-0.3, -0.25) is 0 Å². The second-order valence-electron chi connectivity index (χ2n) is 2.61. The summed E-state index contributed by atoms with van der Waals surface area (Å²) in [6, 6.07) is 4.10. The van der Waals surface area contributed by atoms with Crippen molar-refractivity contribution < 1.29 is 5.11 Å². The number of hydrogen-bond donors (Lipinski definition) is 2. The molecule has 1 aromatic rings. The largest absolute Gasteiger partial charge is 0.396 e. The van der Waals surface area contributed by atoms with Crippen molar-refractivity contribution in [2.75, 3.05) is 6.61 Å². The lowest BCUT2D eigenvalue weighted by Gasteiger charge is -2.06. The van der Waals surface area contributed by atoms with Crippen molar-refractivity contribution in [1.29, 1.82) is 0 Å². The number of aliphatic hydroxyl groups is 1. The molecule has 0 saturated carbocycles. The summed E-state index contributed by atoms with van der Waals surface area (Å²) in [5, 5.41) is 8.61. The van der Waals surface area contributed by atoms with Gasteiger partial charge in [0.15, 0.2) is 0 Å². The lowest BCUT2D eigenvalue weighted by atomic mass is 10.1. The Morgan fingerprint density at radius 1 is 1.54 bits per heavy atom. The highest BCUT2D eigenvalue weighted by molar-refractivity contribution is 9.11. The van der Waals surface area contributed by atoms with E-state index in [4.69, 9.17) is 10.8 Å². The van der Waals surface area contributed by atoms with E-state index in [0.29, 0.717) is 0 Å². The molecular weight excluding hydrogens is 274 g/mol. The Balaban J connectivity index is 0.00000144. The van der Waals surface area contributed by atoms with Crippen LogP contribution in [-0.2, 0) is 0 Å². The minimum absolute atomic E-state index is 0. The van der Waals surface area contributed by atoms with Crippen molar-refractivity contribution in [2.24, 2.45) is 5.73 Å². The molecule has 0 aromatic carbocycles. The first-order chi connectivity index (χ1) is 5.74. The topological polar surface area (TPSA) is 46.2 Å². The van der Waals surface area contributed by atoms with E-state index in [1.165, 1.54) is 4.88 Å². The third-order valence-electron chi connectivity index (χ3n) is 1.63. The Bertz CT molecular complexity index is 244. The van der Waals surface area contributed by atoms with Crippen LogP contribution in [0.5, 0.6) is 0 Å². The summed E-state index contributed by atoms with van der Waals surface area (Å²) in [4.78, 5) is 1.18. The molecule has 0 unspecified atom stereocenters. The standard InChI is InChI=1S/C8H12BrNOS.ClH/c9-8-4-3-7(12-8)6(10)2-1-5-11;/h3-4,6,11H,1-2,5,10H2;1H/t6-;/m1./s1. The SMILES string of the molecule is Cl.N[C@H](CCCO)c1ccc(Br)s1. The fraction of sp³-hybridized carbons (Fsp3) is 0.500. The van der Waals surface area contributed by atoms with Gasteiger partial charge in [-0.25, -0.2) is 0 Å². The number of thiophene rings is 1. The van der Waals surface area contributed by atoms with E-state index in [0.717, 1.165) is 16.6 Å². The quantitative estimate of drug-likeness (QED) is 0.894. The van der Waals surface area contributed by atoms with Gasteiger partial charge in [0.2, 0.25) is 0 Å². The smallest absolute Gasteiger partial charge is 0.0701 e. The number of halogens is 2. The molecule has 0 spiro atoms. The molecule has 0 aliphatic carbocycles. The van der Waals surface area contributed by atoms with Gasteiger partial charge in [0.1, 0.15) is 0 Å². The Labute approximate surface area is 96.7 Å². The molecule has 0 radical (unpaired) electrons. The molecule has 1 atom stereocenters. The Kier molecular flexibility index (Phi) is 6.99. The van der Waals surface area contributed by atoms with Crippen molar-refractivity contribution in [3.63, 3.8) is 0 Å². The van der Waals surface area contributed by atoms with E-state index in [2.05, 4.69) is 15.9 Å². The monoisotopic (exact) mass is 285 g/mol. The van der Waals surface area contributed by atoms with Gasteiger partial charge in [-0.1, -0.05) is 0 Å². The van der Waals surface area contributed by atoms with Gasteiger partial charge in [-0.15, -0.1) is 23.7 Å². The van der Waals surface area contributed by atoms with Crippen molar-refractivity contribution in [3.8, 4) is 0 Å². The third kappa shape index (κ3) is 4.42. The predicted octanol–water partition coefficient (Wildman–Crippen LogP) is 2.70. The predicted molar refractivity (Wildman–Crippen MR) is 62.5 cm³/mol. The van der Waals surface area contributed by atoms with Crippen LogP contribution in [0.1, 0.15) is 23.8 Å². The molecule has 1 aromatic heterocycles. The summed E-state index contributed by atoms with van der Waals surface area (Å²) in [7, 11) is 0. The highest BCUT2D eigenvalue weighted by atomic mass is 79.9. The molecule has 0 fully saturated rings. The summed E-state index contributed by atoms with van der Waals surface area (Å²) in [5.74, 6) is 0. The molecule has 1 heterocycles. The molecule has 0 bridgehead atoms. The van der Waals surface area contributed by atoms with E-state index < -0.39 is 0 Å². The van der Waals surface area contributed by atoms with E-state index >= 15 is 0 Å². The zero-order valence-electron chi connectivity index (χ0n) is 7.07. The van der Waals surface area contributed by atoms with E-state index in [9.17, 15) is 0 Å². The minimum atomic E-state index is 0. The molecule has 5 heteroatoms. The molecular formula is C8H13BrClNOS. The zero-order chi connectivity index (χ0) is 8.97. The first-order valence-electron chi connectivity index (χ1n) is 3.85. The van der Waals surface area contributed by atoms with Gasteiger partial charge < -0.3 is 10.8 Å². The van der Waals surface area contributed by atoms with Crippen LogP contribution in [0.4, 0.5) is 0 Å². The normalized spacial score (nSPS) is 12.2. The van der Waals surface area contributed by atoms with Gasteiger partial charge in [0, 0.05) is 17.5 Å². The van der Waals surface area contributed by atoms with Crippen LogP contribution in [0.25, 0.3) is 0 Å². The fourth-order valence-electron chi connectivity index (χ4n) is 0.981. The van der Waals surface area contributed by atoms with Crippen molar-refractivity contribution in [2.45, 2.75) is 18.9 Å². The highest BCUT2D eigenvalue weighted by Gasteiger charge is 2.07. The molecule has 1 rings (SSSR count). The molecule has 0 aliphatic rings. The zero-order valence-corrected chi connectivity index (χ0v) is 10.3. The van der Waals surface area contributed by atoms with Crippen LogP contribution in [0.15, 0.2) is 15.9 Å². The number of aliphatic hydroxyl groups excluding tert-OH is 1. The van der Waals surface area contributed by atoms with Crippen LogP contribution in [0, 0.1) is 0 Å². The molecule has 0 aliphatic heterocycles. The summed E-state index contributed by atoms with van der Waals surface area (Å²) in [6.45, 7) is 0.222. The van der Waals surface area contributed by atoms with Crippen molar-refractivity contribution in [1.82, 2.24) is 0 Å². The van der Waals surface area contributed by atoms with Crippen molar-refractivity contribution >= 4 is 39.7 Å². The van der Waals surface area contributed by atoms with E-state index in [-0.39, 0.29) is 25.1 Å². The lowest BCUT2D eigenvalue weighted by molar-refractivity contribution is 0.280. The second-order valence-corrected chi connectivity index (χ2v) is 5.11. The Morgan fingerprint density at radius 2 is 2.23 bits per heavy atom. The maximum atomic E-state index is 8.61. The van der Waals surface area contributed by atoms with Crippen LogP contribution < -0.4 is 5.73 Å². The van der Waals surface area contributed by atoms with Crippen LogP contribution in [0.3, 0.4) is 0 Å². The lowest BCUT2D eigenvalue weighted by Crippen LogP contribution is -2.08. The summed E-state index contributed by atoms with van der Waals surface area (Å²) in [5.41, 5.74) is 5.87. The van der Waals surface area contributed by atoms with Crippen LogP contribution >= 0.6 is 39.7 Å². The number of rotatable bonds is 4. The molecule has 0 saturated heterocycles. The van der Waals surface area contributed by atoms with Gasteiger partial charge in [-0.05, 0) is 40.9 Å². The third-order valence-corrected chi connectivity index (χ3v) is 3.39. The van der Waals surface area contributed by atoms with Gasteiger partial charge >= 0.3 is 0 Å². The Hall–Kier alpha value is 0.390. The molecule has 2 nitrogen and oxygen atoms in total. The first-order valence-corrected chi connectivity index (χ1v) is 5.46. The van der Waals surface area contributed by atoms with Crippen LogP contribution in [0.2, 0.25) is 0 Å². The van der Waals surface area contributed by atoms with Gasteiger partial charge in [0.05, 0.1) is 3.79 Å². The number of hydrogen-bond acceptors (Lipinski definition) is 3. The molecule has 76 valence electrons. The number of nitrogens with two attached hydrogens (primary N) is 1. The van der Waals surface area contributed by atoms with E-state index in [1.54, 1.807) is 11.3 Å². The Morgan fingerprint density at radius 3 is 2.69 bits per heavy atom. The first kappa shape index (κ1) is 13.4. The molecule has 3 N–H and O–H groups in total. The maximum Gasteiger partial charge on any atom is 0.0701 e. The minimum Gasteiger partial charge on any atom is -0.396 e. The van der Waals surface area contributed by atoms with Gasteiger partial charge in [0.25, 0.3) is 0 Å². The average Bonchev–Trinajstić information content (AvgIpc) is 2.47. The summed E-state index contributed by atoms with van der Waals surface area (Å²) < 4.78 is 1.11. The van der Waals surface area contributed by atoms with Gasteiger partial charge in [-0.2, -0.15) is 0 Å². The van der Waals surface area contributed by atoms with Crippen molar-refractivity contribution in [3.05, 3.63) is 20.8 Å². The molecule has 13 heavy (non-hydrogen) atoms. The fourth-order valence-corrected chi connectivity index (χ4v) is 2.44. The summed E-state index contributed by atoms with van der Waals surface area (Å²) >= 11 is 5.04. The molecule has 0 amide bonds. The summed E-state index contributed by atoms with van der Waals surface area (Å²) in [6.07, 6.45) is 1.63. The van der Waals surface area contributed by atoms with E-state index in [1.807, 2.05) is 12.1 Å². The highest BCUT2D eigenvalue weighted by Crippen LogP contribution is 2.27. The van der Waals surface area contributed by atoms with Crippen LogP contribution in [-0.4, -0.2) is 11.7 Å². The maximum absolute atomic E-state index is 8.61.